The van der Waals surface area contributed by atoms with Gasteiger partial charge in [0.15, 0.2) is 0 Å². The lowest BCUT2D eigenvalue weighted by molar-refractivity contribution is 0.594. The average Bonchev–Trinajstić information content (AvgIpc) is 2.64. The summed E-state index contributed by atoms with van der Waals surface area (Å²) in [6, 6.07) is 30.7. The third kappa shape index (κ3) is 6.45. The minimum Gasteiger partial charge on any atom is -0.282 e. The Hall–Kier alpha value is -1.81. The Morgan fingerprint density at radius 3 is 1.48 bits per heavy atom. The number of hydrogen-bond acceptors (Lipinski definition) is 1. The Morgan fingerprint density at radius 2 is 1.09 bits per heavy atom. The van der Waals surface area contributed by atoms with Gasteiger partial charge in [-0.05, 0) is 22.7 Å². The van der Waals surface area contributed by atoms with Gasteiger partial charge in [0.05, 0.1) is 0 Å². The lowest BCUT2D eigenvalue weighted by Crippen LogP contribution is -2.01. The van der Waals surface area contributed by atoms with E-state index in [-0.39, 0.29) is 0 Å². The van der Waals surface area contributed by atoms with Crippen molar-refractivity contribution in [2.24, 2.45) is 0 Å². The maximum absolute atomic E-state index is 11.2. The maximum Gasteiger partial charge on any atom is 0.104 e. The van der Waals surface area contributed by atoms with E-state index in [2.05, 4.69) is 60.7 Å². The van der Waals surface area contributed by atoms with Crippen LogP contribution in [0, 0.1) is 0 Å². The summed E-state index contributed by atoms with van der Waals surface area (Å²) in [7, 11) is -0.347. The second-order valence-electron chi connectivity index (χ2n) is 4.89. The zero-order valence-corrected chi connectivity index (χ0v) is 15.1. The smallest absolute Gasteiger partial charge is 0.104 e. The molecule has 1 nitrogen and oxygen atoms in total. The third-order valence-corrected chi connectivity index (χ3v) is 5.86. The van der Waals surface area contributed by atoms with Gasteiger partial charge in [0, 0.05) is 11.5 Å². The first-order valence-corrected chi connectivity index (χ1v) is 10.1. The highest BCUT2D eigenvalue weighted by atomic mass is 31.1. The summed E-state index contributed by atoms with van der Waals surface area (Å²) in [6.07, 6.45) is 0.735. The fourth-order valence-corrected chi connectivity index (χ4v) is 3.91. The summed E-state index contributed by atoms with van der Waals surface area (Å²) in [5.74, 6) is 0. The molecule has 1 atom stereocenters. The van der Waals surface area contributed by atoms with Crippen LogP contribution in [-0.4, -0.2) is 6.16 Å². The Morgan fingerprint density at radius 1 is 0.696 bits per heavy atom. The van der Waals surface area contributed by atoms with E-state index in [1.54, 1.807) is 0 Å². The fourth-order valence-electron chi connectivity index (χ4n) is 1.99. The Kier molecular flexibility index (Phi) is 7.67. The second-order valence-corrected chi connectivity index (χ2v) is 8.20. The summed E-state index contributed by atoms with van der Waals surface area (Å²) in [5.41, 5.74) is 0. The molecule has 1 radical (unpaired) electrons. The van der Waals surface area contributed by atoms with Crippen LogP contribution in [0.5, 0.6) is 0 Å². The Bertz CT molecular complexity index is 660. The molecule has 0 amide bonds. The molecule has 0 aliphatic heterocycles. The van der Waals surface area contributed by atoms with E-state index >= 15 is 0 Å². The quantitative estimate of drug-likeness (QED) is 0.641. The second kappa shape index (κ2) is 10.1. The van der Waals surface area contributed by atoms with Gasteiger partial charge >= 0.3 is 0 Å². The topological polar surface area (TPSA) is 17.1 Å². The Labute approximate surface area is 141 Å². The van der Waals surface area contributed by atoms with Gasteiger partial charge in [-0.2, -0.15) is 0 Å². The van der Waals surface area contributed by atoms with Crippen molar-refractivity contribution < 1.29 is 4.57 Å². The zero-order valence-electron chi connectivity index (χ0n) is 13.2. The van der Waals surface area contributed by atoms with Crippen LogP contribution in [0.15, 0.2) is 91.0 Å². The molecule has 3 aromatic carbocycles. The van der Waals surface area contributed by atoms with Gasteiger partial charge in [-0.1, -0.05) is 94.4 Å². The van der Waals surface area contributed by atoms with E-state index in [4.69, 9.17) is 0 Å². The molecule has 23 heavy (non-hydrogen) atoms. The molecule has 0 fully saturated rings. The molecule has 0 heterocycles. The molecule has 0 aromatic heterocycles. The van der Waals surface area contributed by atoms with Crippen LogP contribution in [0.2, 0.25) is 0 Å². The highest BCUT2D eigenvalue weighted by Crippen LogP contribution is 2.17. The average molecular weight is 339 g/mol. The molecular weight excluding hydrogens is 318 g/mol. The fraction of sp³-hybridized carbons (Fsp3) is 0.100. The van der Waals surface area contributed by atoms with E-state index in [0.29, 0.717) is 0 Å². The number of rotatable bonds is 4. The van der Waals surface area contributed by atoms with Crippen molar-refractivity contribution in [1.29, 1.82) is 0 Å². The van der Waals surface area contributed by atoms with Gasteiger partial charge in [-0.3, -0.25) is 4.57 Å². The molecule has 0 aliphatic carbocycles. The highest BCUT2D eigenvalue weighted by molar-refractivity contribution is 7.55. The minimum absolute atomic E-state index is 0.735. The van der Waals surface area contributed by atoms with Crippen molar-refractivity contribution in [3.05, 3.63) is 91.0 Å². The van der Waals surface area contributed by atoms with Crippen LogP contribution in [0.25, 0.3) is 0 Å². The highest BCUT2D eigenvalue weighted by Gasteiger charge is 1.97. The molecule has 0 spiro atoms. The van der Waals surface area contributed by atoms with Gasteiger partial charge in [0.1, 0.15) is 7.80 Å². The number of benzene rings is 3. The molecule has 3 aromatic rings. The van der Waals surface area contributed by atoms with Crippen molar-refractivity contribution in [1.82, 2.24) is 0 Å². The molecule has 3 heteroatoms. The molecule has 0 saturated heterocycles. The molecule has 0 N–H and O–H groups in total. The third-order valence-electron chi connectivity index (χ3n) is 3.17. The SMILES string of the molecule is CC[P](=O)c1ccccc1.c1ccc(Pc2ccccc2)cc1. The first kappa shape index (κ1) is 17.5. The van der Waals surface area contributed by atoms with E-state index in [1.807, 2.05) is 37.3 Å². The molecule has 0 saturated carbocycles. The summed E-state index contributed by atoms with van der Waals surface area (Å²) in [6.45, 7) is 1.94. The first-order valence-electron chi connectivity index (χ1n) is 7.66. The number of hydrogen-bond donors (Lipinski definition) is 0. The van der Waals surface area contributed by atoms with Gasteiger partial charge in [-0.25, -0.2) is 0 Å². The van der Waals surface area contributed by atoms with E-state index in [1.165, 1.54) is 10.6 Å². The molecular formula is C20H21OP2. The normalized spacial score (nSPS) is 10.4. The van der Waals surface area contributed by atoms with Crippen LogP contribution >= 0.6 is 16.4 Å². The molecule has 117 valence electrons. The molecule has 0 aliphatic rings. The van der Waals surface area contributed by atoms with Crippen LogP contribution in [0.1, 0.15) is 6.92 Å². The standard InChI is InChI=1S/C12H11P.C8H10OP/c1-3-7-11(8-4-1)13-12-9-5-2-6-10-12;1-2-10(9)8-6-4-3-5-7-8/h1-10,13H;3-7H,2H2,1H3. The van der Waals surface area contributed by atoms with Crippen molar-refractivity contribution in [3.8, 4) is 0 Å². The van der Waals surface area contributed by atoms with Crippen molar-refractivity contribution in [2.45, 2.75) is 6.92 Å². The van der Waals surface area contributed by atoms with Gasteiger partial charge in [-0.15, -0.1) is 0 Å². The van der Waals surface area contributed by atoms with Crippen LogP contribution in [0.3, 0.4) is 0 Å². The van der Waals surface area contributed by atoms with Crippen LogP contribution in [-0.2, 0) is 4.57 Å². The van der Waals surface area contributed by atoms with Crippen LogP contribution < -0.4 is 15.9 Å². The van der Waals surface area contributed by atoms with Crippen molar-refractivity contribution in [2.75, 3.05) is 6.16 Å². The summed E-state index contributed by atoms with van der Waals surface area (Å²) in [4.78, 5) is 0. The molecule has 0 bridgehead atoms. The van der Waals surface area contributed by atoms with Crippen molar-refractivity contribution >= 4 is 32.3 Å². The summed E-state index contributed by atoms with van der Waals surface area (Å²) in [5, 5.41) is 3.75. The van der Waals surface area contributed by atoms with Crippen LogP contribution in [0.4, 0.5) is 0 Å². The predicted molar refractivity (Wildman–Crippen MR) is 105 cm³/mol. The van der Waals surface area contributed by atoms with Gasteiger partial charge < -0.3 is 0 Å². The van der Waals surface area contributed by atoms with E-state index in [9.17, 15) is 4.57 Å². The largest absolute Gasteiger partial charge is 0.282 e. The zero-order chi connectivity index (χ0) is 16.3. The Balaban J connectivity index is 0.000000174. The monoisotopic (exact) mass is 339 g/mol. The molecule has 1 unspecified atom stereocenters. The minimum atomic E-state index is -1.12. The predicted octanol–water partition coefficient (Wildman–Crippen LogP) is 4.48. The van der Waals surface area contributed by atoms with E-state index in [0.717, 1.165) is 20.0 Å². The van der Waals surface area contributed by atoms with Gasteiger partial charge in [0.2, 0.25) is 0 Å². The van der Waals surface area contributed by atoms with Crippen molar-refractivity contribution in [3.63, 3.8) is 0 Å². The lowest BCUT2D eigenvalue weighted by Gasteiger charge is -2.00. The first-order chi connectivity index (χ1) is 11.3. The summed E-state index contributed by atoms with van der Waals surface area (Å²) < 4.78 is 11.2. The van der Waals surface area contributed by atoms with E-state index < -0.39 is 7.80 Å². The summed E-state index contributed by atoms with van der Waals surface area (Å²) >= 11 is 0. The molecule has 3 rings (SSSR count). The maximum atomic E-state index is 11.2. The van der Waals surface area contributed by atoms with Gasteiger partial charge in [0.25, 0.3) is 0 Å². The lowest BCUT2D eigenvalue weighted by atomic mass is 10.4.